The largest absolute Gasteiger partial charge is 0.361 e. The van der Waals surface area contributed by atoms with Gasteiger partial charge in [0.25, 0.3) is 0 Å². The summed E-state index contributed by atoms with van der Waals surface area (Å²) in [5.41, 5.74) is 1.12. The van der Waals surface area contributed by atoms with Crippen LogP contribution in [0.3, 0.4) is 0 Å². The number of hydrogen-bond donors (Lipinski definition) is 1. The molecule has 0 unspecified atom stereocenters. The number of rotatable bonds is 4. The summed E-state index contributed by atoms with van der Waals surface area (Å²) < 4.78 is 0. The number of carbonyl (C=O) groups excluding carboxylic acids is 2. The SMILES string of the molecule is C[C@H]1CCN(CC(=O)NCC(=O)N2CCCC2)c2ccccc2S1. The summed E-state index contributed by atoms with van der Waals surface area (Å²) in [6.07, 6.45) is 3.18. The first-order valence-corrected chi connectivity index (χ1v) is 9.56. The number of para-hydroxylation sites is 1. The Balaban J connectivity index is 1.56. The van der Waals surface area contributed by atoms with Crippen LogP contribution in [0.25, 0.3) is 0 Å². The Morgan fingerprint density at radius 1 is 1.21 bits per heavy atom. The van der Waals surface area contributed by atoms with E-state index in [0.717, 1.165) is 44.6 Å². The lowest BCUT2D eigenvalue weighted by Crippen LogP contribution is -2.43. The van der Waals surface area contributed by atoms with Gasteiger partial charge in [-0.3, -0.25) is 9.59 Å². The van der Waals surface area contributed by atoms with Gasteiger partial charge in [-0.15, -0.1) is 11.8 Å². The Labute approximate surface area is 147 Å². The highest BCUT2D eigenvalue weighted by Gasteiger charge is 2.22. The van der Waals surface area contributed by atoms with E-state index < -0.39 is 0 Å². The second-order valence-corrected chi connectivity index (χ2v) is 7.95. The van der Waals surface area contributed by atoms with Gasteiger partial charge in [-0.25, -0.2) is 0 Å². The van der Waals surface area contributed by atoms with Gasteiger partial charge in [-0.05, 0) is 31.4 Å². The summed E-state index contributed by atoms with van der Waals surface area (Å²) in [5, 5.41) is 3.33. The van der Waals surface area contributed by atoms with Crippen LogP contribution in [-0.4, -0.2) is 54.7 Å². The van der Waals surface area contributed by atoms with E-state index in [1.807, 2.05) is 28.8 Å². The van der Waals surface area contributed by atoms with Crippen LogP contribution in [0.2, 0.25) is 0 Å². The van der Waals surface area contributed by atoms with Crippen molar-refractivity contribution in [3.05, 3.63) is 24.3 Å². The minimum Gasteiger partial charge on any atom is -0.361 e. The highest BCUT2D eigenvalue weighted by Crippen LogP contribution is 2.36. The Kier molecular flexibility index (Phi) is 5.66. The van der Waals surface area contributed by atoms with Crippen LogP contribution in [-0.2, 0) is 9.59 Å². The molecule has 2 heterocycles. The van der Waals surface area contributed by atoms with Gasteiger partial charge in [0, 0.05) is 29.8 Å². The molecule has 130 valence electrons. The van der Waals surface area contributed by atoms with Gasteiger partial charge in [-0.2, -0.15) is 0 Å². The number of hydrogen-bond acceptors (Lipinski definition) is 4. The summed E-state index contributed by atoms with van der Waals surface area (Å²) >= 11 is 1.86. The number of nitrogens with zero attached hydrogens (tertiary/aromatic N) is 2. The summed E-state index contributed by atoms with van der Waals surface area (Å²) in [7, 11) is 0. The number of carbonyl (C=O) groups is 2. The van der Waals surface area contributed by atoms with Crippen LogP contribution >= 0.6 is 11.8 Å². The molecule has 1 saturated heterocycles. The minimum atomic E-state index is -0.0862. The first-order valence-electron chi connectivity index (χ1n) is 8.68. The Morgan fingerprint density at radius 2 is 1.96 bits per heavy atom. The van der Waals surface area contributed by atoms with Crippen molar-refractivity contribution in [3.8, 4) is 0 Å². The molecule has 1 atom stereocenters. The lowest BCUT2D eigenvalue weighted by Gasteiger charge is -2.24. The maximum Gasteiger partial charge on any atom is 0.241 e. The molecule has 1 N–H and O–H groups in total. The number of amides is 2. The van der Waals surface area contributed by atoms with Crippen molar-refractivity contribution in [2.75, 3.05) is 37.6 Å². The molecule has 2 aliphatic heterocycles. The van der Waals surface area contributed by atoms with E-state index in [9.17, 15) is 9.59 Å². The van der Waals surface area contributed by atoms with Gasteiger partial charge in [0.15, 0.2) is 0 Å². The standard InChI is InChI=1S/C18H25N3O2S/c1-14-8-11-21(15-6-2-3-7-16(15)24-14)13-17(22)19-12-18(23)20-9-4-5-10-20/h2-3,6-7,14H,4-5,8-13H2,1H3,(H,19,22)/t14-/m0/s1. The summed E-state index contributed by atoms with van der Waals surface area (Å²) in [6.45, 7) is 5.14. The molecule has 0 spiro atoms. The number of fused-ring (bicyclic) bond motifs is 1. The van der Waals surface area contributed by atoms with Gasteiger partial charge in [-0.1, -0.05) is 19.1 Å². The van der Waals surface area contributed by atoms with Crippen LogP contribution in [0.5, 0.6) is 0 Å². The molecule has 2 aliphatic rings. The fourth-order valence-electron chi connectivity index (χ4n) is 3.20. The van der Waals surface area contributed by atoms with Crippen molar-refractivity contribution in [2.24, 2.45) is 0 Å². The second kappa shape index (κ2) is 7.92. The first-order chi connectivity index (χ1) is 11.6. The van der Waals surface area contributed by atoms with Crippen LogP contribution in [0, 0.1) is 0 Å². The van der Waals surface area contributed by atoms with Crippen molar-refractivity contribution < 1.29 is 9.59 Å². The zero-order valence-electron chi connectivity index (χ0n) is 14.2. The van der Waals surface area contributed by atoms with Crippen molar-refractivity contribution >= 4 is 29.3 Å². The van der Waals surface area contributed by atoms with E-state index >= 15 is 0 Å². The molecule has 0 aliphatic carbocycles. The van der Waals surface area contributed by atoms with E-state index in [2.05, 4.69) is 29.3 Å². The number of nitrogens with one attached hydrogen (secondary N) is 1. The maximum absolute atomic E-state index is 12.3. The van der Waals surface area contributed by atoms with Gasteiger partial charge in [0.2, 0.25) is 11.8 Å². The Bertz CT molecular complexity index is 602. The molecule has 0 aromatic heterocycles. The summed E-state index contributed by atoms with van der Waals surface area (Å²) in [5.74, 6) is -0.0572. The molecule has 3 rings (SSSR count). The topological polar surface area (TPSA) is 52.7 Å². The highest BCUT2D eigenvalue weighted by atomic mass is 32.2. The zero-order chi connectivity index (χ0) is 16.9. The third-order valence-electron chi connectivity index (χ3n) is 4.57. The van der Waals surface area contributed by atoms with E-state index in [0.29, 0.717) is 11.8 Å². The maximum atomic E-state index is 12.3. The van der Waals surface area contributed by atoms with Gasteiger partial charge >= 0.3 is 0 Å². The lowest BCUT2D eigenvalue weighted by molar-refractivity contribution is -0.131. The predicted octanol–water partition coefficient (Wildman–Crippen LogP) is 2.12. The molecule has 6 heteroatoms. The lowest BCUT2D eigenvalue weighted by atomic mass is 10.2. The van der Waals surface area contributed by atoms with Crippen LogP contribution in [0.15, 0.2) is 29.2 Å². The number of thioether (sulfide) groups is 1. The quantitative estimate of drug-likeness (QED) is 0.906. The first kappa shape index (κ1) is 17.1. The molecule has 0 bridgehead atoms. The molecule has 2 amide bonds. The molecule has 24 heavy (non-hydrogen) atoms. The summed E-state index contributed by atoms with van der Waals surface area (Å²) in [4.78, 5) is 29.5. The van der Waals surface area contributed by atoms with E-state index in [1.54, 1.807) is 0 Å². The average Bonchev–Trinajstić information content (AvgIpc) is 3.06. The Morgan fingerprint density at radius 3 is 2.75 bits per heavy atom. The molecule has 0 saturated carbocycles. The van der Waals surface area contributed by atoms with Gasteiger partial charge < -0.3 is 15.1 Å². The molecule has 0 radical (unpaired) electrons. The van der Waals surface area contributed by atoms with Crippen molar-refractivity contribution in [3.63, 3.8) is 0 Å². The summed E-state index contributed by atoms with van der Waals surface area (Å²) in [6, 6.07) is 8.24. The fourth-order valence-corrected chi connectivity index (χ4v) is 4.33. The van der Waals surface area contributed by atoms with Crippen LogP contribution in [0.4, 0.5) is 5.69 Å². The van der Waals surface area contributed by atoms with Gasteiger partial charge in [0.1, 0.15) is 0 Å². The molecule has 5 nitrogen and oxygen atoms in total. The molecule has 1 aromatic carbocycles. The van der Waals surface area contributed by atoms with E-state index in [4.69, 9.17) is 0 Å². The highest BCUT2D eigenvalue weighted by molar-refractivity contribution is 8.00. The third kappa shape index (κ3) is 4.23. The Hall–Kier alpha value is -1.69. The monoisotopic (exact) mass is 347 g/mol. The smallest absolute Gasteiger partial charge is 0.241 e. The number of benzene rings is 1. The van der Waals surface area contributed by atoms with Gasteiger partial charge in [0.05, 0.1) is 18.8 Å². The average molecular weight is 347 g/mol. The van der Waals surface area contributed by atoms with Crippen molar-refractivity contribution in [2.45, 2.75) is 36.3 Å². The molecule has 1 fully saturated rings. The molecular formula is C18H25N3O2S. The fraction of sp³-hybridized carbons (Fsp3) is 0.556. The number of anilines is 1. The number of likely N-dealkylation sites (tertiary alicyclic amines) is 1. The molecule has 1 aromatic rings. The minimum absolute atomic E-state index is 0.0290. The predicted molar refractivity (Wildman–Crippen MR) is 97.4 cm³/mol. The van der Waals surface area contributed by atoms with Crippen molar-refractivity contribution in [1.82, 2.24) is 10.2 Å². The molecular weight excluding hydrogens is 322 g/mol. The zero-order valence-corrected chi connectivity index (χ0v) is 15.0. The normalized spacial score (nSPS) is 20.5. The second-order valence-electron chi connectivity index (χ2n) is 6.47. The third-order valence-corrected chi connectivity index (χ3v) is 5.81. The van der Waals surface area contributed by atoms with E-state index in [-0.39, 0.29) is 18.4 Å². The van der Waals surface area contributed by atoms with E-state index in [1.165, 1.54) is 4.90 Å². The van der Waals surface area contributed by atoms with Crippen molar-refractivity contribution in [1.29, 1.82) is 0 Å². The van der Waals surface area contributed by atoms with Crippen LogP contribution < -0.4 is 10.2 Å². The van der Waals surface area contributed by atoms with Crippen LogP contribution in [0.1, 0.15) is 26.2 Å².